The molecule has 1 aromatic rings. The predicted molar refractivity (Wildman–Crippen MR) is 63.6 cm³/mol. The molecule has 0 aliphatic rings. The molecule has 0 radical (unpaired) electrons. The van der Waals surface area contributed by atoms with Crippen LogP contribution in [0.15, 0.2) is 18.2 Å². The van der Waals surface area contributed by atoms with Crippen molar-refractivity contribution < 1.29 is 18.0 Å². The van der Waals surface area contributed by atoms with Crippen LogP contribution in [0.3, 0.4) is 0 Å². The van der Waals surface area contributed by atoms with Crippen molar-refractivity contribution >= 4 is 35.8 Å². The molecule has 0 spiro atoms. The van der Waals surface area contributed by atoms with E-state index in [0.717, 1.165) is 18.2 Å². The summed E-state index contributed by atoms with van der Waals surface area (Å²) >= 11 is 9.51. The van der Waals surface area contributed by atoms with E-state index in [4.69, 9.17) is 11.6 Å². The number of rotatable bonds is 3. The third kappa shape index (κ3) is 4.12. The summed E-state index contributed by atoms with van der Waals surface area (Å²) < 4.78 is 37.0. The molecule has 1 N–H and O–H groups in total. The Morgan fingerprint density at radius 3 is 2.53 bits per heavy atom. The number of carbonyl (C=O) groups excluding carboxylic acids is 1. The fraction of sp³-hybridized carbons (Fsp3) is 0.300. The lowest BCUT2D eigenvalue weighted by atomic mass is 10.2. The SMILES string of the molecule is O=C(CCS)Nc1ccc(C(F)(F)F)cc1Cl. The number of halogens is 4. The average molecular weight is 284 g/mol. The summed E-state index contributed by atoms with van der Waals surface area (Å²) in [6.45, 7) is 0. The third-order valence-electron chi connectivity index (χ3n) is 1.91. The molecule has 0 heterocycles. The highest BCUT2D eigenvalue weighted by atomic mass is 35.5. The van der Waals surface area contributed by atoms with Crippen molar-refractivity contribution in [2.24, 2.45) is 0 Å². The molecule has 0 saturated heterocycles. The Morgan fingerprint density at radius 2 is 2.06 bits per heavy atom. The zero-order valence-corrected chi connectivity index (χ0v) is 10.2. The van der Waals surface area contributed by atoms with Crippen LogP contribution >= 0.6 is 24.2 Å². The molecule has 0 fully saturated rings. The quantitative estimate of drug-likeness (QED) is 0.815. The lowest BCUT2D eigenvalue weighted by molar-refractivity contribution is -0.137. The first-order valence-electron chi connectivity index (χ1n) is 4.62. The summed E-state index contributed by atoms with van der Waals surface area (Å²) in [5, 5.41) is 2.26. The number of amides is 1. The zero-order valence-electron chi connectivity index (χ0n) is 8.51. The van der Waals surface area contributed by atoms with E-state index in [0.29, 0.717) is 5.75 Å². The molecule has 0 aliphatic heterocycles. The van der Waals surface area contributed by atoms with E-state index >= 15 is 0 Å². The van der Waals surface area contributed by atoms with Crippen LogP contribution in [0.25, 0.3) is 0 Å². The van der Waals surface area contributed by atoms with Crippen molar-refractivity contribution in [3.63, 3.8) is 0 Å². The molecule has 0 saturated carbocycles. The first-order chi connectivity index (χ1) is 7.84. The van der Waals surface area contributed by atoms with Gasteiger partial charge in [0.15, 0.2) is 0 Å². The van der Waals surface area contributed by atoms with E-state index in [2.05, 4.69) is 17.9 Å². The molecular weight excluding hydrogens is 275 g/mol. The van der Waals surface area contributed by atoms with Crippen molar-refractivity contribution in [3.05, 3.63) is 28.8 Å². The molecular formula is C10H9ClF3NOS. The molecule has 7 heteroatoms. The highest BCUT2D eigenvalue weighted by Gasteiger charge is 2.30. The minimum atomic E-state index is -4.45. The Labute approximate surface area is 107 Å². The summed E-state index contributed by atoms with van der Waals surface area (Å²) in [6, 6.07) is 2.77. The van der Waals surface area contributed by atoms with Gasteiger partial charge in [-0.25, -0.2) is 0 Å². The Kier molecular flexibility index (Phi) is 4.70. The first-order valence-corrected chi connectivity index (χ1v) is 5.63. The molecule has 1 rings (SSSR count). The second kappa shape index (κ2) is 5.64. The minimum absolute atomic E-state index is 0.146. The monoisotopic (exact) mass is 283 g/mol. The summed E-state index contributed by atoms with van der Waals surface area (Å²) in [6.07, 6.45) is -4.28. The predicted octanol–water partition coefficient (Wildman–Crippen LogP) is 3.62. The lowest BCUT2D eigenvalue weighted by Gasteiger charge is -2.10. The largest absolute Gasteiger partial charge is 0.416 e. The maximum Gasteiger partial charge on any atom is 0.416 e. The molecule has 17 heavy (non-hydrogen) atoms. The molecule has 0 bridgehead atoms. The topological polar surface area (TPSA) is 29.1 Å². The van der Waals surface area contributed by atoms with Crippen LogP contribution in [0, 0.1) is 0 Å². The Hall–Kier alpha value is -0.880. The van der Waals surface area contributed by atoms with Gasteiger partial charge in [-0.1, -0.05) is 11.6 Å². The number of hydrogen-bond acceptors (Lipinski definition) is 2. The van der Waals surface area contributed by atoms with Gasteiger partial charge in [0.05, 0.1) is 16.3 Å². The van der Waals surface area contributed by atoms with Crippen molar-refractivity contribution in [3.8, 4) is 0 Å². The fourth-order valence-electron chi connectivity index (χ4n) is 1.11. The van der Waals surface area contributed by atoms with E-state index in [1.807, 2.05) is 0 Å². The van der Waals surface area contributed by atoms with Crippen LogP contribution in [0.5, 0.6) is 0 Å². The van der Waals surface area contributed by atoms with E-state index < -0.39 is 11.7 Å². The van der Waals surface area contributed by atoms with Crippen molar-refractivity contribution in [1.82, 2.24) is 0 Å². The van der Waals surface area contributed by atoms with Gasteiger partial charge in [0, 0.05) is 6.42 Å². The number of benzene rings is 1. The first kappa shape index (κ1) is 14.2. The highest BCUT2D eigenvalue weighted by Crippen LogP contribution is 2.33. The Bertz CT molecular complexity index is 423. The summed E-state index contributed by atoms with van der Waals surface area (Å²) in [5.41, 5.74) is -0.693. The Morgan fingerprint density at radius 1 is 1.41 bits per heavy atom. The van der Waals surface area contributed by atoms with E-state index in [9.17, 15) is 18.0 Å². The number of carbonyl (C=O) groups is 1. The van der Waals surface area contributed by atoms with Gasteiger partial charge in [-0.3, -0.25) is 4.79 Å². The molecule has 0 aliphatic carbocycles. The normalized spacial score (nSPS) is 11.4. The average Bonchev–Trinajstić information content (AvgIpc) is 2.20. The maximum atomic E-state index is 12.3. The number of alkyl halides is 3. The molecule has 1 amide bonds. The van der Waals surface area contributed by atoms with Crippen LogP contribution in [-0.2, 0) is 11.0 Å². The second-order valence-electron chi connectivity index (χ2n) is 3.21. The van der Waals surface area contributed by atoms with E-state index in [-0.39, 0.29) is 23.0 Å². The van der Waals surface area contributed by atoms with Crippen molar-refractivity contribution in [2.45, 2.75) is 12.6 Å². The molecule has 2 nitrogen and oxygen atoms in total. The molecule has 1 aromatic carbocycles. The van der Waals surface area contributed by atoms with Gasteiger partial charge in [-0.05, 0) is 24.0 Å². The van der Waals surface area contributed by atoms with Crippen molar-refractivity contribution in [2.75, 3.05) is 11.1 Å². The fourth-order valence-corrected chi connectivity index (χ4v) is 1.54. The number of anilines is 1. The van der Waals surface area contributed by atoms with Crippen LogP contribution in [-0.4, -0.2) is 11.7 Å². The number of nitrogens with one attached hydrogen (secondary N) is 1. The van der Waals surface area contributed by atoms with Gasteiger partial charge in [-0.2, -0.15) is 25.8 Å². The van der Waals surface area contributed by atoms with Crippen LogP contribution in [0.2, 0.25) is 5.02 Å². The van der Waals surface area contributed by atoms with Crippen LogP contribution in [0.4, 0.5) is 18.9 Å². The highest BCUT2D eigenvalue weighted by molar-refractivity contribution is 7.80. The van der Waals surface area contributed by atoms with Gasteiger partial charge >= 0.3 is 6.18 Å². The standard InChI is InChI=1S/C10H9ClF3NOS/c11-7-5-6(10(12,13)14)1-2-8(7)15-9(16)3-4-17/h1-2,5,17H,3-4H2,(H,15,16). The molecule has 94 valence electrons. The van der Waals surface area contributed by atoms with Crippen LogP contribution < -0.4 is 5.32 Å². The zero-order chi connectivity index (χ0) is 13.1. The van der Waals surface area contributed by atoms with Gasteiger partial charge in [0.25, 0.3) is 0 Å². The maximum absolute atomic E-state index is 12.3. The van der Waals surface area contributed by atoms with Crippen molar-refractivity contribution in [1.29, 1.82) is 0 Å². The summed E-state index contributed by atoms with van der Waals surface area (Å²) in [7, 11) is 0. The third-order valence-corrected chi connectivity index (χ3v) is 2.45. The molecule has 0 aromatic heterocycles. The van der Waals surface area contributed by atoms with Gasteiger partial charge in [-0.15, -0.1) is 0 Å². The van der Waals surface area contributed by atoms with Gasteiger partial charge < -0.3 is 5.32 Å². The number of hydrogen-bond donors (Lipinski definition) is 2. The van der Waals surface area contributed by atoms with Gasteiger partial charge in [0.2, 0.25) is 5.91 Å². The van der Waals surface area contributed by atoms with E-state index in [1.54, 1.807) is 0 Å². The molecule has 0 unspecified atom stereocenters. The lowest BCUT2D eigenvalue weighted by Crippen LogP contribution is -2.12. The second-order valence-corrected chi connectivity index (χ2v) is 4.07. The van der Waals surface area contributed by atoms with Gasteiger partial charge in [0.1, 0.15) is 0 Å². The van der Waals surface area contributed by atoms with E-state index in [1.165, 1.54) is 0 Å². The van der Waals surface area contributed by atoms with Crippen LogP contribution in [0.1, 0.15) is 12.0 Å². The summed E-state index contributed by atoms with van der Waals surface area (Å²) in [4.78, 5) is 11.2. The number of thiol groups is 1. The smallest absolute Gasteiger partial charge is 0.325 e. The Balaban J connectivity index is 2.87. The molecule has 0 atom stereocenters. The summed E-state index contributed by atoms with van der Waals surface area (Å²) in [5.74, 6) is 0.00559. The minimum Gasteiger partial charge on any atom is -0.325 e.